The molecule has 46 heavy (non-hydrogen) atoms. The number of anilines is 1. The third-order valence-electron chi connectivity index (χ3n) is 7.89. The van der Waals surface area contributed by atoms with Crippen LogP contribution >= 0.6 is 11.6 Å². The summed E-state index contributed by atoms with van der Waals surface area (Å²) in [4.78, 5) is 30.0. The number of halogens is 1. The number of nitrogens with one attached hydrogen (secondary N) is 1. The zero-order valence-electron chi connectivity index (χ0n) is 27.0. The van der Waals surface area contributed by atoms with Crippen molar-refractivity contribution in [3.63, 3.8) is 0 Å². The van der Waals surface area contributed by atoms with Crippen LogP contribution in [0.1, 0.15) is 41.7 Å². The van der Waals surface area contributed by atoms with E-state index in [1.54, 1.807) is 60.7 Å². The molecule has 0 radical (unpaired) electrons. The number of nitrogens with zero attached hydrogens (tertiary/aromatic N) is 2. The minimum absolute atomic E-state index is 0.0730. The quantitative estimate of drug-likeness (QED) is 0.170. The van der Waals surface area contributed by atoms with Gasteiger partial charge in [0.25, 0.3) is 10.0 Å². The van der Waals surface area contributed by atoms with Gasteiger partial charge in [0, 0.05) is 24.5 Å². The Morgan fingerprint density at radius 2 is 1.46 bits per heavy atom. The maximum absolute atomic E-state index is 14.6. The SMILES string of the molecule is Cc1ccc(S(=O)(=O)N(CC(=O)N(Cc2ccc(Cl)cc2)[C@@H](Cc2ccccc2)C(=O)NCC(C)C)c2ccc(C)c(C)c2)cc1. The molecule has 1 N–H and O–H groups in total. The fraction of sp³-hybridized carbons (Fsp3) is 0.297. The summed E-state index contributed by atoms with van der Waals surface area (Å²) >= 11 is 6.16. The fourth-order valence-electron chi connectivity index (χ4n) is 5.01. The molecule has 0 aliphatic heterocycles. The standard InChI is InChI=1S/C37H42ClN3O4S/c1-26(2)23-39-37(43)35(22-30-9-7-6-8-10-30)40(24-31-14-16-32(38)17-15-31)36(42)25-41(33-18-13-28(4)29(5)21-33)46(44,45)34-19-11-27(3)12-20-34/h6-21,26,35H,22-25H2,1-5H3,(H,39,43)/t35-/m0/s1. The summed E-state index contributed by atoms with van der Waals surface area (Å²) in [5.41, 5.74) is 4.80. The van der Waals surface area contributed by atoms with E-state index in [1.807, 2.05) is 71.0 Å². The van der Waals surface area contributed by atoms with E-state index in [-0.39, 0.29) is 29.7 Å². The first kappa shape index (κ1) is 34.7. The molecule has 0 saturated carbocycles. The molecule has 0 spiro atoms. The third-order valence-corrected chi connectivity index (χ3v) is 9.93. The lowest BCUT2D eigenvalue weighted by Gasteiger charge is -2.34. The molecule has 0 saturated heterocycles. The minimum atomic E-state index is -4.17. The summed E-state index contributed by atoms with van der Waals surface area (Å²) in [6.45, 7) is 9.74. The second-order valence-corrected chi connectivity index (χ2v) is 14.4. The number of aryl methyl sites for hydroxylation is 3. The summed E-state index contributed by atoms with van der Waals surface area (Å²) in [7, 11) is -4.17. The van der Waals surface area contributed by atoms with Crippen molar-refractivity contribution in [2.45, 2.75) is 58.5 Å². The van der Waals surface area contributed by atoms with Crippen molar-refractivity contribution in [1.29, 1.82) is 0 Å². The van der Waals surface area contributed by atoms with Gasteiger partial charge in [0.05, 0.1) is 10.6 Å². The van der Waals surface area contributed by atoms with Crippen molar-refractivity contribution in [2.24, 2.45) is 5.92 Å². The van der Waals surface area contributed by atoms with Crippen LogP contribution in [0.25, 0.3) is 0 Å². The largest absolute Gasteiger partial charge is 0.354 e. The highest BCUT2D eigenvalue weighted by molar-refractivity contribution is 7.92. The zero-order chi connectivity index (χ0) is 33.4. The molecule has 0 aliphatic carbocycles. The van der Waals surface area contributed by atoms with E-state index >= 15 is 0 Å². The van der Waals surface area contributed by atoms with Gasteiger partial charge in [-0.3, -0.25) is 13.9 Å². The number of sulfonamides is 1. The molecule has 4 rings (SSSR count). The molecule has 0 unspecified atom stereocenters. The average molecular weight is 660 g/mol. The monoisotopic (exact) mass is 659 g/mol. The molecule has 2 amide bonds. The summed E-state index contributed by atoms with van der Waals surface area (Å²) in [6.07, 6.45) is 0.248. The summed E-state index contributed by atoms with van der Waals surface area (Å²) in [5, 5.41) is 3.55. The lowest BCUT2D eigenvalue weighted by atomic mass is 10.0. The van der Waals surface area contributed by atoms with E-state index in [0.29, 0.717) is 17.3 Å². The Balaban J connectivity index is 1.81. The van der Waals surface area contributed by atoms with E-state index < -0.39 is 28.5 Å². The Hall–Kier alpha value is -4.14. The summed E-state index contributed by atoms with van der Waals surface area (Å²) in [6, 6.07) is 27.5. The number of amides is 2. The van der Waals surface area contributed by atoms with Crippen LogP contribution < -0.4 is 9.62 Å². The van der Waals surface area contributed by atoms with E-state index in [9.17, 15) is 18.0 Å². The minimum Gasteiger partial charge on any atom is -0.354 e. The zero-order valence-corrected chi connectivity index (χ0v) is 28.6. The average Bonchev–Trinajstić information content (AvgIpc) is 3.03. The molecule has 0 fully saturated rings. The lowest BCUT2D eigenvalue weighted by molar-refractivity contribution is -0.140. The number of carbonyl (C=O) groups excluding carboxylic acids is 2. The highest BCUT2D eigenvalue weighted by Crippen LogP contribution is 2.27. The lowest BCUT2D eigenvalue weighted by Crippen LogP contribution is -2.53. The molecular formula is C37H42ClN3O4S. The van der Waals surface area contributed by atoms with Crippen LogP contribution in [0.15, 0.2) is 102 Å². The van der Waals surface area contributed by atoms with Crippen LogP contribution in [0.3, 0.4) is 0 Å². The molecule has 4 aromatic rings. The molecular weight excluding hydrogens is 618 g/mol. The number of carbonyl (C=O) groups is 2. The Bertz CT molecular complexity index is 1740. The van der Waals surface area contributed by atoms with Gasteiger partial charge in [-0.05, 0) is 85.3 Å². The van der Waals surface area contributed by atoms with Crippen molar-refractivity contribution < 1.29 is 18.0 Å². The molecule has 7 nitrogen and oxygen atoms in total. The number of benzene rings is 4. The van der Waals surface area contributed by atoms with Crippen molar-refractivity contribution in [3.05, 3.63) is 130 Å². The van der Waals surface area contributed by atoms with E-state index in [1.165, 1.54) is 4.90 Å². The molecule has 1 atom stereocenters. The second kappa shape index (κ2) is 15.4. The Kier molecular flexibility index (Phi) is 11.7. The van der Waals surface area contributed by atoms with Crippen molar-refractivity contribution in [1.82, 2.24) is 10.2 Å². The van der Waals surface area contributed by atoms with E-state index in [0.717, 1.165) is 32.1 Å². The van der Waals surface area contributed by atoms with Crippen LogP contribution in [-0.2, 0) is 32.6 Å². The van der Waals surface area contributed by atoms with Crippen LogP contribution in [0.4, 0.5) is 5.69 Å². The number of hydrogen-bond donors (Lipinski definition) is 1. The van der Waals surface area contributed by atoms with Crippen LogP contribution in [0, 0.1) is 26.7 Å². The van der Waals surface area contributed by atoms with Crippen molar-refractivity contribution in [2.75, 3.05) is 17.4 Å². The Labute approximate surface area is 278 Å². The smallest absolute Gasteiger partial charge is 0.264 e. The first-order valence-corrected chi connectivity index (χ1v) is 17.2. The van der Waals surface area contributed by atoms with Gasteiger partial charge in [-0.1, -0.05) is 91.7 Å². The molecule has 0 heterocycles. The predicted molar refractivity (Wildman–Crippen MR) is 185 cm³/mol. The van der Waals surface area contributed by atoms with Crippen molar-refractivity contribution in [3.8, 4) is 0 Å². The third kappa shape index (κ3) is 8.98. The van der Waals surface area contributed by atoms with Gasteiger partial charge in [0.1, 0.15) is 12.6 Å². The van der Waals surface area contributed by atoms with Gasteiger partial charge in [-0.2, -0.15) is 0 Å². The van der Waals surface area contributed by atoms with Crippen LogP contribution in [0.2, 0.25) is 5.02 Å². The number of rotatable bonds is 13. The molecule has 9 heteroatoms. The maximum Gasteiger partial charge on any atom is 0.264 e. The van der Waals surface area contributed by atoms with Gasteiger partial charge < -0.3 is 10.2 Å². The Morgan fingerprint density at radius 1 is 0.804 bits per heavy atom. The first-order valence-electron chi connectivity index (χ1n) is 15.4. The second-order valence-electron chi connectivity index (χ2n) is 12.1. The van der Waals surface area contributed by atoms with Crippen molar-refractivity contribution >= 4 is 39.1 Å². The predicted octanol–water partition coefficient (Wildman–Crippen LogP) is 6.87. The van der Waals surface area contributed by atoms with E-state index in [2.05, 4.69) is 5.32 Å². The first-order chi connectivity index (χ1) is 21.8. The normalized spacial score (nSPS) is 12.1. The molecule has 0 aromatic heterocycles. The van der Waals surface area contributed by atoms with E-state index in [4.69, 9.17) is 11.6 Å². The highest BCUT2D eigenvalue weighted by Gasteiger charge is 2.34. The summed E-state index contributed by atoms with van der Waals surface area (Å²) < 4.78 is 29.6. The molecule has 242 valence electrons. The van der Waals surface area contributed by atoms with Gasteiger partial charge in [0.2, 0.25) is 11.8 Å². The van der Waals surface area contributed by atoms with Gasteiger partial charge in [-0.15, -0.1) is 0 Å². The Morgan fingerprint density at radius 3 is 2.07 bits per heavy atom. The van der Waals surface area contributed by atoms with Crippen LogP contribution in [0.5, 0.6) is 0 Å². The molecule has 4 aromatic carbocycles. The fourth-order valence-corrected chi connectivity index (χ4v) is 6.54. The molecule has 0 bridgehead atoms. The van der Waals surface area contributed by atoms with Gasteiger partial charge >= 0.3 is 0 Å². The maximum atomic E-state index is 14.6. The summed E-state index contributed by atoms with van der Waals surface area (Å²) in [5.74, 6) is -0.620. The van der Waals surface area contributed by atoms with Gasteiger partial charge in [0.15, 0.2) is 0 Å². The topological polar surface area (TPSA) is 86.8 Å². The highest BCUT2D eigenvalue weighted by atomic mass is 35.5. The van der Waals surface area contributed by atoms with Crippen LogP contribution in [-0.4, -0.2) is 44.3 Å². The molecule has 0 aliphatic rings. The number of hydrogen-bond acceptors (Lipinski definition) is 4. The van der Waals surface area contributed by atoms with Gasteiger partial charge in [-0.25, -0.2) is 8.42 Å².